The minimum Gasteiger partial charge on any atom is -0.464 e. The summed E-state index contributed by atoms with van der Waals surface area (Å²) in [6, 6.07) is 12.0. The van der Waals surface area contributed by atoms with Crippen LogP contribution >= 0.6 is 15.9 Å². The summed E-state index contributed by atoms with van der Waals surface area (Å²) in [5.41, 5.74) is 2.28. The van der Waals surface area contributed by atoms with E-state index in [0.717, 1.165) is 10.2 Å². The van der Waals surface area contributed by atoms with Crippen LogP contribution in [0.5, 0.6) is 0 Å². The van der Waals surface area contributed by atoms with Gasteiger partial charge in [0.15, 0.2) is 0 Å². The molecule has 172 valence electrons. The molecule has 1 saturated heterocycles. The van der Waals surface area contributed by atoms with Crippen molar-refractivity contribution in [2.75, 3.05) is 50.1 Å². The second-order valence-corrected chi connectivity index (χ2v) is 8.56. The number of non-ortho nitro benzene ring substituents is 1. The van der Waals surface area contributed by atoms with Gasteiger partial charge in [0, 0.05) is 59.4 Å². The van der Waals surface area contributed by atoms with Gasteiger partial charge in [-0.25, -0.2) is 4.79 Å². The van der Waals surface area contributed by atoms with Crippen LogP contribution in [0.1, 0.15) is 10.5 Å². The van der Waals surface area contributed by atoms with E-state index in [4.69, 9.17) is 4.74 Å². The van der Waals surface area contributed by atoms with Crippen molar-refractivity contribution < 1.29 is 19.2 Å². The van der Waals surface area contributed by atoms with Crippen LogP contribution in [0.25, 0.3) is 10.9 Å². The van der Waals surface area contributed by atoms with Crippen molar-refractivity contribution in [2.24, 2.45) is 0 Å². The van der Waals surface area contributed by atoms with E-state index < -0.39 is 10.9 Å². The number of amides is 1. The summed E-state index contributed by atoms with van der Waals surface area (Å²) in [6.45, 7) is 2.88. The molecule has 0 spiro atoms. The molecule has 4 rings (SSSR count). The topological polar surface area (TPSA) is 121 Å². The van der Waals surface area contributed by atoms with Gasteiger partial charge in [-0.1, -0.05) is 15.9 Å². The molecule has 0 unspecified atom stereocenters. The molecule has 10 nitrogen and oxygen atoms in total. The maximum Gasteiger partial charge on any atom is 0.356 e. The Morgan fingerprint density at radius 1 is 1.15 bits per heavy atom. The molecular weight excluding hydrogens is 494 g/mol. The molecule has 1 fully saturated rings. The molecule has 1 amide bonds. The van der Waals surface area contributed by atoms with Crippen molar-refractivity contribution in [1.29, 1.82) is 0 Å². The van der Waals surface area contributed by atoms with Gasteiger partial charge >= 0.3 is 5.97 Å². The van der Waals surface area contributed by atoms with Crippen molar-refractivity contribution in [3.63, 3.8) is 0 Å². The second kappa shape index (κ2) is 9.59. The second-order valence-electron chi connectivity index (χ2n) is 7.64. The Hall–Kier alpha value is -3.44. The number of piperazine rings is 1. The van der Waals surface area contributed by atoms with Crippen molar-refractivity contribution >= 4 is 55.8 Å². The lowest BCUT2D eigenvalue weighted by Crippen LogP contribution is -2.48. The number of fused-ring (bicyclic) bond motifs is 1. The Morgan fingerprint density at radius 2 is 1.85 bits per heavy atom. The number of aromatic nitrogens is 1. The van der Waals surface area contributed by atoms with E-state index in [-0.39, 0.29) is 23.8 Å². The average molecular weight is 516 g/mol. The molecule has 0 radical (unpaired) electrons. The highest BCUT2D eigenvalue weighted by Crippen LogP contribution is 2.31. The van der Waals surface area contributed by atoms with Gasteiger partial charge in [-0.15, -0.1) is 0 Å². The quantitative estimate of drug-likeness (QED) is 0.293. The van der Waals surface area contributed by atoms with Crippen molar-refractivity contribution in [2.45, 2.75) is 0 Å². The smallest absolute Gasteiger partial charge is 0.356 e. The molecule has 11 heteroatoms. The third-order valence-corrected chi connectivity index (χ3v) is 6.07. The first-order chi connectivity index (χ1) is 15.9. The third kappa shape index (κ3) is 4.99. The molecule has 3 aromatic rings. The number of aromatic amines is 1. The highest BCUT2D eigenvalue weighted by Gasteiger charge is 2.23. The minimum absolute atomic E-state index is 0.0599. The fourth-order valence-corrected chi connectivity index (χ4v) is 4.24. The number of esters is 1. The van der Waals surface area contributed by atoms with Crippen LogP contribution in [0.4, 0.5) is 17.1 Å². The summed E-state index contributed by atoms with van der Waals surface area (Å²) in [4.78, 5) is 42.6. The Bertz CT molecular complexity index is 1200. The SMILES string of the molecule is COC(=O)c1[nH]c2ccc(Br)cc2c1NC(=O)CN1CCN(c2ccc([N+](=O)[O-])cc2)CC1. The van der Waals surface area contributed by atoms with Crippen LogP contribution in [-0.2, 0) is 9.53 Å². The first-order valence-corrected chi connectivity index (χ1v) is 11.1. The van der Waals surface area contributed by atoms with Crippen LogP contribution in [0.3, 0.4) is 0 Å². The summed E-state index contributed by atoms with van der Waals surface area (Å²) < 4.78 is 5.68. The van der Waals surface area contributed by atoms with Gasteiger partial charge in [-0.3, -0.25) is 19.8 Å². The molecule has 33 heavy (non-hydrogen) atoms. The number of anilines is 2. The predicted molar refractivity (Wildman–Crippen MR) is 128 cm³/mol. The summed E-state index contributed by atoms with van der Waals surface area (Å²) >= 11 is 3.42. The van der Waals surface area contributed by atoms with Crippen LogP contribution < -0.4 is 10.2 Å². The molecule has 2 N–H and O–H groups in total. The van der Waals surface area contributed by atoms with E-state index in [9.17, 15) is 19.7 Å². The average Bonchev–Trinajstić information content (AvgIpc) is 3.16. The molecule has 1 aromatic heterocycles. The van der Waals surface area contributed by atoms with Crippen LogP contribution in [0.15, 0.2) is 46.9 Å². The first-order valence-electron chi connectivity index (χ1n) is 10.3. The van der Waals surface area contributed by atoms with Crippen LogP contribution in [-0.4, -0.2) is 66.5 Å². The molecule has 0 atom stereocenters. The Balaban J connectivity index is 1.40. The van der Waals surface area contributed by atoms with Crippen LogP contribution in [0.2, 0.25) is 0 Å². The van der Waals surface area contributed by atoms with Crippen molar-refractivity contribution in [1.82, 2.24) is 9.88 Å². The Morgan fingerprint density at radius 3 is 2.48 bits per heavy atom. The van der Waals surface area contributed by atoms with Crippen molar-refractivity contribution in [3.05, 3.63) is 62.7 Å². The largest absolute Gasteiger partial charge is 0.464 e. The molecule has 1 aliphatic heterocycles. The van der Waals surface area contributed by atoms with Gasteiger partial charge in [0.05, 0.1) is 24.3 Å². The van der Waals surface area contributed by atoms with E-state index >= 15 is 0 Å². The zero-order chi connectivity index (χ0) is 23.5. The fourth-order valence-electron chi connectivity index (χ4n) is 3.88. The standard InChI is InChI=1S/C22H22BrN5O5/c1-33-22(30)21-20(17-12-14(23)2-7-18(17)24-21)25-19(29)13-26-8-10-27(11-9-26)15-3-5-16(6-4-15)28(31)32/h2-7,12,24H,8-11,13H2,1H3,(H,25,29). The number of carbonyl (C=O) groups excluding carboxylic acids is 2. The number of hydrogen-bond donors (Lipinski definition) is 2. The maximum absolute atomic E-state index is 12.8. The molecule has 0 saturated carbocycles. The highest BCUT2D eigenvalue weighted by molar-refractivity contribution is 9.10. The Kier molecular flexibility index (Phi) is 6.61. The minimum atomic E-state index is -0.561. The lowest BCUT2D eigenvalue weighted by Gasteiger charge is -2.35. The predicted octanol–water partition coefficient (Wildman–Crippen LogP) is 3.39. The molecule has 0 bridgehead atoms. The fraction of sp³-hybridized carbons (Fsp3) is 0.273. The number of nitro benzene ring substituents is 1. The number of nitrogens with zero attached hydrogens (tertiary/aromatic N) is 3. The summed E-state index contributed by atoms with van der Waals surface area (Å²) in [7, 11) is 1.29. The number of hydrogen-bond acceptors (Lipinski definition) is 7. The van der Waals surface area contributed by atoms with Gasteiger partial charge in [-0.2, -0.15) is 0 Å². The number of halogens is 1. The van der Waals surface area contributed by atoms with E-state index in [1.165, 1.54) is 19.2 Å². The van der Waals surface area contributed by atoms with E-state index in [1.807, 2.05) is 23.1 Å². The van der Waals surface area contributed by atoms with Gasteiger partial charge in [-0.05, 0) is 30.3 Å². The summed E-state index contributed by atoms with van der Waals surface area (Å²) in [6.07, 6.45) is 0. The molecular formula is C22H22BrN5O5. The molecule has 2 aromatic carbocycles. The Labute approximate surface area is 197 Å². The molecule has 2 heterocycles. The number of rotatable bonds is 6. The number of carbonyl (C=O) groups is 2. The summed E-state index contributed by atoms with van der Waals surface area (Å²) in [5, 5.41) is 14.4. The number of benzene rings is 2. The normalized spacial score (nSPS) is 14.3. The number of nitro groups is 1. The van der Waals surface area contributed by atoms with Gasteiger partial charge < -0.3 is 19.9 Å². The lowest BCUT2D eigenvalue weighted by molar-refractivity contribution is -0.384. The maximum atomic E-state index is 12.8. The van der Waals surface area contributed by atoms with E-state index in [2.05, 4.69) is 31.1 Å². The number of H-pyrrole nitrogens is 1. The third-order valence-electron chi connectivity index (χ3n) is 5.58. The van der Waals surface area contributed by atoms with Gasteiger partial charge in [0.2, 0.25) is 5.91 Å². The van der Waals surface area contributed by atoms with E-state index in [0.29, 0.717) is 42.8 Å². The van der Waals surface area contributed by atoms with E-state index in [1.54, 1.807) is 12.1 Å². The summed E-state index contributed by atoms with van der Waals surface area (Å²) in [5.74, 6) is -0.792. The van der Waals surface area contributed by atoms with Gasteiger partial charge in [0.1, 0.15) is 5.69 Å². The molecule has 0 aliphatic carbocycles. The highest BCUT2D eigenvalue weighted by atomic mass is 79.9. The van der Waals surface area contributed by atoms with Crippen LogP contribution in [0, 0.1) is 10.1 Å². The lowest BCUT2D eigenvalue weighted by atomic mass is 10.2. The zero-order valence-electron chi connectivity index (χ0n) is 17.8. The monoisotopic (exact) mass is 515 g/mol. The van der Waals surface area contributed by atoms with Crippen molar-refractivity contribution in [3.8, 4) is 0 Å². The number of nitrogens with one attached hydrogen (secondary N) is 2. The number of methoxy groups -OCH3 is 1. The first kappa shape index (κ1) is 22.7. The zero-order valence-corrected chi connectivity index (χ0v) is 19.4. The molecule has 1 aliphatic rings. The van der Waals surface area contributed by atoms with Gasteiger partial charge in [0.25, 0.3) is 5.69 Å². The number of ether oxygens (including phenoxy) is 1.